The summed E-state index contributed by atoms with van der Waals surface area (Å²) >= 11 is 0. The predicted molar refractivity (Wildman–Crippen MR) is 73.6 cm³/mol. The number of hydrogen-bond donors (Lipinski definition) is 0. The third-order valence-electron chi connectivity index (χ3n) is 3.37. The average Bonchev–Trinajstić information content (AvgIpc) is 2.39. The molecule has 0 amide bonds. The fraction of sp³-hybridized carbons (Fsp3) is 0.438. The zero-order valence-corrected chi connectivity index (χ0v) is 11.7. The van der Waals surface area contributed by atoms with Gasteiger partial charge in [0.15, 0.2) is 0 Å². The molecule has 1 heterocycles. The molecule has 1 aliphatic heterocycles. The van der Waals surface area contributed by atoms with Gasteiger partial charge in [0.05, 0.1) is 12.2 Å². The van der Waals surface area contributed by atoms with E-state index in [4.69, 9.17) is 9.47 Å². The summed E-state index contributed by atoms with van der Waals surface area (Å²) < 4.78 is 10.9. The van der Waals surface area contributed by atoms with Gasteiger partial charge in [-0.2, -0.15) is 0 Å². The van der Waals surface area contributed by atoms with Crippen LogP contribution in [0.25, 0.3) is 0 Å². The Kier molecular flexibility index (Phi) is 4.25. The van der Waals surface area contributed by atoms with Gasteiger partial charge in [0.25, 0.3) is 0 Å². The van der Waals surface area contributed by atoms with Crippen LogP contribution in [0.15, 0.2) is 35.6 Å². The van der Waals surface area contributed by atoms with Crippen molar-refractivity contribution >= 4 is 5.97 Å². The summed E-state index contributed by atoms with van der Waals surface area (Å²) in [6, 6.07) is 8.34. The number of allylic oxidation sites excluding steroid dienone is 1. The van der Waals surface area contributed by atoms with Crippen molar-refractivity contribution in [3.05, 3.63) is 46.7 Å². The van der Waals surface area contributed by atoms with Crippen LogP contribution in [0.5, 0.6) is 0 Å². The Morgan fingerprint density at radius 3 is 2.58 bits per heavy atom. The minimum atomic E-state index is -0.248. The first-order valence-corrected chi connectivity index (χ1v) is 6.72. The quantitative estimate of drug-likeness (QED) is 0.778. The number of carbonyl (C=O) groups excluding carboxylic acids is 1. The van der Waals surface area contributed by atoms with Crippen molar-refractivity contribution in [3.63, 3.8) is 0 Å². The fourth-order valence-electron chi connectivity index (χ4n) is 2.27. The van der Waals surface area contributed by atoms with Gasteiger partial charge in [-0.25, -0.2) is 4.79 Å². The second-order valence-corrected chi connectivity index (χ2v) is 4.81. The molecule has 0 N–H and O–H groups in total. The van der Waals surface area contributed by atoms with Crippen LogP contribution in [0.2, 0.25) is 0 Å². The molecular formula is C16H20O3. The average molecular weight is 260 g/mol. The lowest BCUT2D eigenvalue weighted by molar-refractivity contribution is -0.139. The second-order valence-electron chi connectivity index (χ2n) is 4.81. The summed E-state index contributed by atoms with van der Waals surface area (Å²) in [6.07, 6.45) is 1.57. The standard InChI is InChI=1S/C16H20O3/c1-4-18-16(17)14-9-10-15(19-12(14)3)13-7-5-11(2)6-8-13/h5-8,15H,4,9-10H2,1-3H3. The number of rotatable bonds is 3. The van der Waals surface area contributed by atoms with Gasteiger partial charge in [0.2, 0.25) is 0 Å². The van der Waals surface area contributed by atoms with Gasteiger partial charge in [-0.3, -0.25) is 0 Å². The predicted octanol–water partition coefficient (Wildman–Crippen LogP) is 3.68. The SMILES string of the molecule is CCOC(=O)C1=C(C)OC(c2ccc(C)cc2)CC1. The van der Waals surface area contributed by atoms with Crippen molar-refractivity contribution in [2.24, 2.45) is 0 Å². The van der Waals surface area contributed by atoms with E-state index in [0.717, 1.165) is 12.0 Å². The van der Waals surface area contributed by atoms with Gasteiger partial charge < -0.3 is 9.47 Å². The van der Waals surface area contributed by atoms with Gasteiger partial charge in [-0.05, 0) is 39.2 Å². The third-order valence-corrected chi connectivity index (χ3v) is 3.37. The van der Waals surface area contributed by atoms with Crippen molar-refractivity contribution in [3.8, 4) is 0 Å². The zero-order valence-electron chi connectivity index (χ0n) is 11.7. The first kappa shape index (κ1) is 13.7. The molecule has 0 spiro atoms. The molecule has 0 aromatic heterocycles. The van der Waals surface area contributed by atoms with Gasteiger partial charge >= 0.3 is 5.97 Å². The molecule has 1 atom stereocenters. The van der Waals surface area contributed by atoms with Crippen molar-refractivity contribution in [1.29, 1.82) is 0 Å². The fourth-order valence-corrected chi connectivity index (χ4v) is 2.27. The topological polar surface area (TPSA) is 35.5 Å². The molecule has 0 aliphatic carbocycles. The molecule has 0 fully saturated rings. The first-order valence-electron chi connectivity index (χ1n) is 6.72. The molecule has 0 saturated heterocycles. The van der Waals surface area contributed by atoms with Crippen LogP contribution < -0.4 is 0 Å². The minimum absolute atomic E-state index is 0.0405. The number of aryl methyl sites for hydroxylation is 1. The monoisotopic (exact) mass is 260 g/mol. The number of esters is 1. The molecular weight excluding hydrogens is 240 g/mol. The van der Waals surface area contributed by atoms with E-state index in [0.29, 0.717) is 24.4 Å². The summed E-state index contributed by atoms with van der Waals surface area (Å²) in [7, 11) is 0. The molecule has 1 aromatic rings. The number of ether oxygens (including phenoxy) is 2. The highest BCUT2D eigenvalue weighted by Gasteiger charge is 2.25. The highest BCUT2D eigenvalue weighted by Crippen LogP contribution is 2.34. The van der Waals surface area contributed by atoms with Gasteiger partial charge in [0.1, 0.15) is 11.9 Å². The molecule has 2 rings (SSSR count). The van der Waals surface area contributed by atoms with Gasteiger partial charge in [-0.15, -0.1) is 0 Å². The highest BCUT2D eigenvalue weighted by molar-refractivity contribution is 5.89. The number of hydrogen-bond acceptors (Lipinski definition) is 3. The highest BCUT2D eigenvalue weighted by atomic mass is 16.5. The summed E-state index contributed by atoms with van der Waals surface area (Å²) in [6.45, 7) is 6.12. The lowest BCUT2D eigenvalue weighted by atomic mass is 9.97. The van der Waals surface area contributed by atoms with Crippen LogP contribution in [0, 0.1) is 6.92 Å². The Labute approximate surface area is 114 Å². The van der Waals surface area contributed by atoms with Gasteiger partial charge in [0, 0.05) is 0 Å². The molecule has 19 heavy (non-hydrogen) atoms. The normalized spacial score (nSPS) is 19.0. The van der Waals surface area contributed by atoms with Crippen molar-refractivity contribution in [2.75, 3.05) is 6.61 Å². The summed E-state index contributed by atoms with van der Waals surface area (Å²) in [5.74, 6) is 0.442. The van der Waals surface area contributed by atoms with E-state index in [1.165, 1.54) is 5.56 Å². The van der Waals surface area contributed by atoms with E-state index in [9.17, 15) is 4.79 Å². The van der Waals surface area contributed by atoms with Crippen molar-refractivity contribution in [2.45, 2.75) is 39.7 Å². The second kappa shape index (κ2) is 5.91. The number of benzene rings is 1. The van der Waals surface area contributed by atoms with Gasteiger partial charge in [-0.1, -0.05) is 29.8 Å². The Morgan fingerprint density at radius 2 is 2.00 bits per heavy atom. The largest absolute Gasteiger partial charge is 0.490 e. The smallest absolute Gasteiger partial charge is 0.337 e. The lowest BCUT2D eigenvalue weighted by Crippen LogP contribution is -2.17. The van der Waals surface area contributed by atoms with Crippen LogP contribution in [0.1, 0.15) is 43.9 Å². The van der Waals surface area contributed by atoms with E-state index < -0.39 is 0 Å². The van der Waals surface area contributed by atoms with E-state index in [1.54, 1.807) is 0 Å². The van der Waals surface area contributed by atoms with E-state index in [2.05, 4.69) is 31.2 Å². The van der Waals surface area contributed by atoms with Crippen molar-refractivity contribution in [1.82, 2.24) is 0 Å². The van der Waals surface area contributed by atoms with Crippen LogP contribution >= 0.6 is 0 Å². The number of carbonyl (C=O) groups is 1. The molecule has 1 aliphatic rings. The minimum Gasteiger partial charge on any atom is -0.490 e. The molecule has 1 aromatic carbocycles. The van der Waals surface area contributed by atoms with E-state index in [1.807, 2.05) is 13.8 Å². The maximum absolute atomic E-state index is 11.7. The van der Waals surface area contributed by atoms with Crippen molar-refractivity contribution < 1.29 is 14.3 Å². The molecule has 0 bridgehead atoms. The van der Waals surface area contributed by atoms with Crippen LogP contribution in [0.3, 0.4) is 0 Å². The maximum atomic E-state index is 11.7. The first-order chi connectivity index (χ1) is 9.11. The van der Waals surface area contributed by atoms with E-state index >= 15 is 0 Å². The molecule has 3 heteroatoms. The molecule has 3 nitrogen and oxygen atoms in total. The Bertz CT molecular complexity index is 485. The third kappa shape index (κ3) is 3.16. The van der Waals surface area contributed by atoms with Crippen LogP contribution in [0.4, 0.5) is 0 Å². The molecule has 0 saturated carbocycles. The Balaban J connectivity index is 2.11. The maximum Gasteiger partial charge on any atom is 0.337 e. The zero-order chi connectivity index (χ0) is 13.8. The summed E-state index contributed by atoms with van der Waals surface area (Å²) in [5, 5.41) is 0. The van der Waals surface area contributed by atoms with Crippen LogP contribution in [-0.2, 0) is 14.3 Å². The molecule has 0 radical (unpaired) electrons. The van der Waals surface area contributed by atoms with Crippen LogP contribution in [-0.4, -0.2) is 12.6 Å². The summed E-state index contributed by atoms with van der Waals surface area (Å²) in [5.41, 5.74) is 3.07. The Hall–Kier alpha value is -1.77. The Morgan fingerprint density at radius 1 is 1.32 bits per heavy atom. The molecule has 102 valence electrons. The lowest BCUT2D eigenvalue weighted by Gasteiger charge is -2.26. The molecule has 1 unspecified atom stereocenters. The van der Waals surface area contributed by atoms with E-state index in [-0.39, 0.29) is 12.1 Å². The summed E-state index contributed by atoms with van der Waals surface area (Å²) in [4.78, 5) is 11.7.